The van der Waals surface area contributed by atoms with Crippen LogP contribution in [0.3, 0.4) is 0 Å². The van der Waals surface area contributed by atoms with Gasteiger partial charge in [-0.1, -0.05) is 179 Å². The quantitative estimate of drug-likeness (QED) is 0.126. The van der Waals surface area contributed by atoms with Crippen molar-refractivity contribution in [3.63, 3.8) is 0 Å². The number of benzene rings is 6. The highest BCUT2D eigenvalue weighted by molar-refractivity contribution is 6.26. The van der Waals surface area contributed by atoms with E-state index < -0.39 is 0 Å². The smallest absolute Gasteiger partial charge is 0.209 e. The molecule has 0 radical (unpaired) electrons. The van der Waals surface area contributed by atoms with Crippen molar-refractivity contribution < 1.29 is 0 Å². The van der Waals surface area contributed by atoms with Crippen LogP contribution in [0.2, 0.25) is 0 Å². The molecule has 0 spiro atoms. The molecule has 1 atom stereocenters. The molecule has 0 fully saturated rings. The summed E-state index contributed by atoms with van der Waals surface area (Å²) in [7, 11) is 0. The molecule has 1 N–H and O–H groups in total. The molecule has 8 rings (SSSR count). The average Bonchev–Trinajstić information content (AvgIpc) is 3.61. The second kappa shape index (κ2) is 16.6. The largest absolute Gasteiger partial charge is 0.346 e. The fraction of sp³-hybridized carbons (Fsp3) is 0.0185. The second-order valence-electron chi connectivity index (χ2n) is 14.1. The van der Waals surface area contributed by atoms with Crippen LogP contribution in [0.5, 0.6) is 0 Å². The molecule has 58 heavy (non-hydrogen) atoms. The summed E-state index contributed by atoms with van der Waals surface area (Å²) >= 11 is 0. The molecule has 0 amide bonds. The minimum Gasteiger partial charge on any atom is -0.346 e. The number of nitrogens with one attached hydrogen (secondary N) is 1. The number of rotatable bonds is 12. The second-order valence-corrected chi connectivity index (χ2v) is 14.1. The molecular formula is C54H44N4. The Morgan fingerprint density at radius 1 is 0.603 bits per heavy atom. The first kappa shape index (κ1) is 37.2. The van der Waals surface area contributed by atoms with E-state index in [1.807, 2.05) is 54.6 Å². The molecule has 1 unspecified atom stereocenters. The summed E-state index contributed by atoms with van der Waals surface area (Å²) in [6.07, 6.45) is 17.5. The van der Waals surface area contributed by atoms with E-state index in [4.69, 9.17) is 4.99 Å². The molecule has 0 aliphatic carbocycles. The summed E-state index contributed by atoms with van der Waals surface area (Å²) in [5, 5.41) is 8.41. The van der Waals surface area contributed by atoms with Crippen LogP contribution in [0.25, 0.3) is 49.4 Å². The molecule has 0 saturated heterocycles. The minimum absolute atomic E-state index is 0.0986. The summed E-state index contributed by atoms with van der Waals surface area (Å²) in [5.41, 5.74) is 10.6. The third kappa shape index (κ3) is 7.35. The lowest BCUT2D eigenvalue weighted by atomic mass is 9.94. The van der Waals surface area contributed by atoms with Gasteiger partial charge in [0.25, 0.3) is 0 Å². The van der Waals surface area contributed by atoms with Gasteiger partial charge >= 0.3 is 0 Å². The predicted octanol–water partition coefficient (Wildman–Crippen LogP) is 13.6. The first-order valence-corrected chi connectivity index (χ1v) is 19.3. The minimum atomic E-state index is -0.0986. The fourth-order valence-electron chi connectivity index (χ4n) is 7.57. The summed E-state index contributed by atoms with van der Waals surface area (Å²) in [6.45, 7) is 20.6. The normalized spacial score (nSPS) is 14.2. The van der Waals surface area contributed by atoms with Gasteiger partial charge in [0.05, 0.1) is 22.8 Å². The summed E-state index contributed by atoms with van der Waals surface area (Å²) < 4.78 is 2.28. The van der Waals surface area contributed by atoms with E-state index in [1.165, 1.54) is 10.8 Å². The summed E-state index contributed by atoms with van der Waals surface area (Å²) in [5.74, 6) is 0.754. The number of aliphatic imine (C=N–C) groups is 1. The lowest BCUT2D eigenvalue weighted by Crippen LogP contribution is -2.39. The van der Waals surface area contributed by atoms with Gasteiger partial charge in [0.1, 0.15) is 0 Å². The molecule has 4 nitrogen and oxygen atoms in total. The zero-order chi connectivity index (χ0) is 40.0. The molecule has 0 saturated carbocycles. The molecule has 6 aromatic carbocycles. The Hall–Kier alpha value is -7.69. The molecule has 1 aliphatic rings. The van der Waals surface area contributed by atoms with E-state index in [2.05, 4.69) is 175 Å². The van der Waals surface area contributed by atoms with E-state index in [1.54, 1.807) is 12.2 Å². The lowest BCUT2D eigenvalue weighted by molar-refractivity contribution is 0.838. The van der Waals surface area contributed by atoms with E-state index in [-0.39, 0.29) is 6.04 Å². The zero-order valence-electron chi connectivity index (χ0n) is 32.4. The van der Waals surface area contributed by atoms with Crippen molar-refractivity contribution in [2.24, 2.45) is 4.99 Å². The first-order valence-electron chi connectivity index (χ1n) is 19.3. The number of aromatic nitrogens is 1. The molecule has 1 aliphatic heterocycles. The van der Waals surface area contributed by atoms with Crippen molar-refractivity contribution in [3.8, 4) is 11.1 Å². The molecule has 2 heterocycles. The topological polar surface area (TPSA) is 32.6 Å². The number of hydrogen-bond donors (Lipinski definition) is 1. The monoisotopic (exact) mass is 748 g/mol. The Morgan fingerprint density at radius 3 is 2.00 bits per heavy atom. The van der Waals surface area contributed by atoms with E-state index in [0.29, 0.717) is 0 Å². The van der Waals surface area contributed by atoms with Crippen LogP contribution in [0.15, 0.2) is 249 Å². The number of anilines is 2. The third-order valence-corrected chi connectivity index (χ3v) is 10.3. The standard InChI is InChI=1S/C54H44N4/c1-6-8-21-38(3)39(4)33-34-40(5)57(44-26-14-11-15-27-44)45-28-20-24-42(35-45)49-37-52-53(47-30-17-16-29-46(47)49)48-31-18-19-32-51(48)58(52)54-55-43(25-9-7-2)36-50(56-54)41-22-12-10-13-23-41/h6-37,43H,1-5H2,(H,55,56)/b21-8-,25-9-,34-33-. The van der Waals surface area contributed by atoms with E-state index in [0.717, 1.165) is 78.4 Å². The van der Waals surface area contributed by atoms with Crippen molar-refractivity contribution in [2.45, 2.75) is 6.04 Å². The number of allylic oxidation sites excluding steroid dienone is 9. The SMILES string of the molecule is C=C/C=C\C(=C)C(=C)/C=C\C(=C)N(c1ccccc1)c1cccc(-c2cc3c(c4ccccc24)c2ccccc2n3C2=NC(c3ccccc3)=CC(/C=C\C=C)N2)c1. The Bertz CT molecular complexity index is 2900. The van der Waals surface area contributed by atoms with Gasteiger partial charge in [-0.3, -0.25) is 4.57 Å². The Kier molecular flexibility index (Phi) is 10.6. The molecular weight excluding hydrogens is 705 g/mol. The van der Waals surface area contributed by atoms with Crippen molar-refractivity contribution >= 4 is 55.6 Å². The van der Waals surface area contributed by atoms with Crippen LogP contribution in [0, 0.1) is 0 Å². The lowest BCUT2D eigenvalue weighted by Gasteiger charge is -2.26. The van der Waals surface area contributed by atoms with Gasteiger partial charge in [-0.15, -0.1) is 0 Å². The van der Waals surface area contributed by atoms with Gasteiger partial charge in [0.15, 0.2) is 0 Å². The van der Waals surface area contributed by atoms with Gasteiger partial charge in [-0.2, -0.15) is 0 Å². The van der Waals surface area contributed by atoms with E-state index >= 15 is 0 Å². The highest BCUT2D eigenvalue weighted by atomic mass is 15.2. The van der Waals surface area contributed by atoms with Gasteiger partial charge in [-0.05, 0) is 81.6 Å². The number of nitrogens with zero attached hydrogens (tertiary/aromatic N) is 3. The zero-order valence-corrected chi connectivity index (χ0v) is 32.4. The number of para-hydroxylation sites is 2. The van der Waals surface area contributed by atoms with Crippen molar-refractivity contribution in [2.75, 3.05) is 4.90 Å². The molecule has 280 valence electrons. The van der Waals surface area contributed by atoms with Gasteiger partial charge in [0.2, 0.25) is 5.96 Å². The molecule has 1 aromatic heterocycles. The fourth-order valence-corrected chi connectivity index (χ4v) is 7.57. The van der Waals surface area contributed by atoms with Crippen LogP contribution >= 0.6 is 0 Å². The van der Waals surface area contributed by atoms with Crippen molar-refractivity contribution in [1.29, 1.82) is 0 Å². The van der Waals surface area contributed by atoms with Crippen LogP contribution in [0.1, 0.15) is 5.56 Å². The third-order valence-electron chi connectivity index (χ3n) is 10.3. The highest BCUT2D eigenvalue weighted by Gasteiger charge is 2.23. The van der Waals surface area contributed by atoms with Gasteiger partial charge < -0.3 is 10.2 Å². The Morgan fingerprint density at radius 2 is 1.24 bits per heavy atom. The van der Waals surface area contributed by atoms with E-state index in [9.17, 15) is 0 Å². The maximum atomic E-state index is 5.31. The highest BCUT2D eigenvalue weighted by Crippen LogP contribution is 2.42. The number of fused-ring (bicyclic) bond motifs is 5. The summed E-state index contributed by atoms with van der Waals surface area (Å²) in [6, 6.07) is 48.9. The Labute approximate surface area is 340 Å². The van der Waals surface area contributed by atoms with Crippen LogP contribution < -0.4 is 10.2 Å². The summed E-state index contributed by atoms with van der Waals surface area (Å²) in [4.78, 5) is 7.48. The van der Waals surface area contributed by atoms with Gasteiger partial charge in [-0.25, -0.2) is 4.99 Å². The molecule has 7 aromatic rings. The number of hydrogen-bond acceptors (Lipinski definition) is 3. The maximum Gasteiger partial charge on any atom is 0.209 e. The van der Waals surface area contributed by atoms with Crippen LogP contribution in [-0.2, 0) is 0 Å². The van der Waals surface area contributed by atoms with Crippen LogP contribution in [-0.4, -0.2) is 16.6 Å². The van der Waals surface area contributed by atoms with Crippen LogP contribution in [0.4, 0.5) is 11.4 Å². The first-order chi connectivity index (χ1) is 28.4. The molecule has 0 bridgehead atoms. The predicted molar refractivity (Wildman–Crippen MR) is 250 cm³/mol. The average molecular weight is 749 g/mol. The van der Waals surface area contributed by atoms with Gasteiger partial charge in [0, 0.05) is 33.4 Å². The maximum absolute atomic E-state index is 5.31. The van der Waals surface area contributed by atoms with Crippen molar-refractivity contribution in [3.05, 3.63) is 250 Å². The molecule has 4 heteroatoms. The van der Waals surface area contributed by atoms with Crippen molar-refractivity contribution in [1.82, 2.24) is 9.88 Å². The Balaban J connectivity index is 1.31.